The van der Waals surface area contributed by atoms with Crippen LogP contribution in [0.1, 0.15) is 33.6 Å². The van der Waals surface area contributed by atoms with Gasteiger partial charge in [-0.15, -0.1) is 11.8 Å². The van der Waals surface area contributed by atoms with Gasteiger partial charge in [0.2, 0.25) is 17.7 Å². The average molecular weight is 511 g/mol. The second kappa shape index (κ2) is 12.2. The molecule has 2 fully saturated rings. The molecule has 0 aliphatic carbocycles. The summed E-state index contributed by atoms with van der Waals surface area (Å²) in [7, 11) is 1.66. The largest absolute Gasteiger partial charge is 0.477 e. The van der Waals surface area contributed by atoms with E-state index in [2.05, 4.69) is 21.3 Å². The molecule has 0 saturated carbocycles. The lowest BCUT2D eigenvalue weighted by atomic mass is 10.1. The molecule has 2 saturated heterocycles. The zero-order valence-electron chi connectivity index (χ0n) is 20.9. The van der Waals surface area contributed by atoms with Gasteiger partial charge in [0.25, 0.3) is 0 Å². The van der Waals surface area contributed by atoms with Gasteiger partial charge in [-0.3, -0.25) is 14.4 Å². The number of carboxylic acid groups (broad SMARTS) is 1. The Hall–Kier alpha value is -2.15. The number of nitrogens with one attached hydrogen (secondary N) is 4. The fraction of sp³-hybridized carbons (Fsp3) is 0.739. The molecule has 0 spiro atoms. The molecule has 3 amide bonds. The molecule has 0 aromatic heterocycles. The number of carbonyl (C=O) groups is 4. The summed E-state index contributed by atoms with van der Waals surface area (Å²) in [6.45, 7) is 9.25. The minimum absolute atomic E-state index is 0.00743. The van der Waals surface area contributed by atoms with Crippen molar-refractivity contribution in [1.82, 2.24) is 31.1 Å². The molecule has 0 radical (unpaired) electrons. The molecule has 3 aliphatic rings. The number of hydrogen-bond acceptors (Lipinski definition) is 8. The Balaban J connectivity index is 1.68. The quantitative estimate of drug-likeness (QED) is 0.268. The van der Waals surface area contributed by atoms with Crippen molar-refractivity contribution in [2.45, 2.75) is 57.0 Å². The fourth-order valence-corrected chi connectivity index (χ4v) is 6.40. The summed E-state index contributed by atoms with van der Waals surface area (Å²) in [6, 6.07) is -1.01. The van der Waals surface area contributed by atoms with E-state index >= 15 is 0 Å². The zero-order chi connectivity index (χ0) is 25.7. The van der Waals surface area contributed by atoms with Gasteiger partial charge < -0.3 is 36.2 Å². The summed E-state index contributed by atoms with van der Waals surface area (Å²) in [5.74, 6) is -1.73. The van der Waals surface area contributed by atoms with Crippen molar-refractivity contribution in [2.24, 2.45) is 5.92 Å². The van der Waals surface area contributed by atoms with Gasteiger partial charge in [-0.05, 0) is 27.3 Å². The Morgan fingerprint density at radius 1 is 1.20 bits per heavy atom. The van der Waals surface area contributed by atoms with Crippen LogP contribution in [0.4, 0.5) is 0 Å². The first-order chi connectivity index (χ1) is 16.6. The molecule has 3 rings (SSSR count). The topological polar surface area (TPSA) is 143 Å². The summed E-state index contributed by atoms with van der Waals surface area (Å²) >= 11 is 1.47. The van der Waals surface area contributed by atoms with Crippen LogP contribution in [0.15, 0.2) is 10.6 Å². The summed E-state index contributed by atoms with van der Waals surface area (Å²) in [5, 5.41) is 22.2. The minimum Gasteiger partial charge on any atom is -0.477 e. The average Bonchev–Trinajstić information content (AvgIpc) is 3.37. The van der Waals surface area contributed by atoms with E-state index in [0.717, 1.165) is 13.1 Å². The maximum Gasteiger partial charge on any atom is 0.353 e. The number of carboxylic acids is 1. The molecule has 0 bridgehead atoms. The number of hydrogen-bond donors (Lipinski definition) is 5. The molecule has 0 aromatic rings. The number of nitrogens with zero attached hydrogens (tertiary/aromatic N) is 2. The van der Waals surface area contributed by atoms with Crippen LogP contribution >= 0.6 is 11.8 Å². The van der Waals surface area contributed by atoms with Gasteiger partial charge in [-0.25, -0.2) is 4.79 Å². The second-order valence-electron chi connectivity index (χ2n) is 9.53. The summed E-state index contributed by atoms with van der Waals surface area (Å²) in [4.78, 5) is 54.1. The third kappa shape index (κ3) is 6.54. The number of piperazine rings is 1. The number of aliphatic carboxylic acids is 1. The Morgan fingerprint density at radius 3 is 2.51 bits per heavy atom. The molecule has 3 aliphatic heterocycles. The number of carbonyl (C=O) groups excluding carboxylic acids is 3. The number of amides is 3. The van der Waals surface area contributed by atoms with Crippen LogP contribution in [0.5, 0.6) is 0 Å². The van der Waals surface area contributed by atoms with E-state index in [1.165, 1.54) is 16.7 Å². The molecule has 0 unspecified atom stereocenters. The van der Waals surface area contributed by atoms with Crippen LogP contribution in [-0.2, 0) is 19.2 Å². The monoisotopic (exact) mass is 510 g/mol. The van der Waals surface area contributed by atoms with Gasteiger partial charge in [-0.1, -0.05) is 6.92 Å². The predicted octanol–water partition coefficient (Wildman–Crippen LogP) is -0.841. The van der Waals surface area contributed by atoms with Crippen molar-refractivity contribution in [3.8, 4) is 0 Å². The third-order valence-corrected chi connectivity index (χ3v) is 8.34. The van der Waals surface area contributed by atoms with Crippen LogP contribution in [-0.4, -0.2) is 108 Å². The van der Waals surface area contributed by atoms with Gasteiger partial charge in [0.1, 0.15) is 5.70 Å². The van der Waals surface area contributed by atoms with Crippen molar-refractivity contribution in [3.63, 3.8) is 0 Å². The first-order valence-corrected chi connectivity index (χ1v) is 13.1. The summed E-state index contributed by atoms with van der Waals surface area (Å²) in [5.41, 5.74) is 0.0191. The van der Waals surface area contributed by atoms with Gasteiger partial charge in [-0.2, -0.15) is 0 Å². The molecule has 3 heterocycles. The highest BCUT2D eigenvalue weighted by molar-refractivity contribution is 8.03. The third-order valence-electron chi connectivity index (χ3n) is 6.83. The molecule has 0 aromatic carbocycles. The summed E-state index contributed by atoms with van der Waals surface area (Å²) in [6.07, 6.45) is 0.626. The Kier molecular flexibility index (Phi) is 9.56. The van der Waals surface area contributed by atoms with E-state index in [1.54, 1.807) is 14.0 Å². The highest BCUT2D eigenvalue weighted by atomic mass is 32.2. The van der Waals surface area contributed by atoms with Crippen molar-refractivity contribution in [1.29, 1.82) is 0 Å². The number of likely N-dealkylation sites (N-methyl/N-ethyl adjacent to an activating group) is 1. The zero-order valence-corrected chi connectivity index (χ0v) is 21.7. The van der Waals surface area contributed by atoms with E-state index in [9.17, 15) is 24.3 Å². The van der Waals surface area contributed by atoms with Crippen LogP contribution < -0.4 is 21.3 Å². The van der Waals surface area contributed by atoms with Crippen LogP contribution in [0.2, 0.25) is 0 Å². The lowest BCUT2D eigenvalue weighted by molar-refractivity contribution is -0.140. The molecule has 5 N–H and O–H groups in total. The summed E-state index contributed by atoms with van der Waals surface area (Å²) < 4.78 is 0. The molecule has 35 heavy (non-hydrogen) atoms. The maximum absolute atomic E-state index is 13.1. The first-order valence-electron chi connectivity index (χ1n) is 12.3. The maximum atomic E-state index is 13.1. The molecule has 12 heteroatoms. The fourth-order valence-electron chi connectivity index (χ4n) is 4.87. The molecule has 196 valence electrons. The number of thioether (sulfide) groups is 1. The van der Waals surface area contributed by atoms with Gasteiger partial charge in [0, 0.05) is 67.3 Å². The van der Waals surface area contributed by atoms with E-state index in [4.69, 9.17) is 0 Å². The van der Waals surface area contributed by atoms with E-state index < -0.39 is 12.0 Å². The van der Waals surface area contributed by atoms with Crippen molar-refractivity contribution in [2.75, 3.05) is 46.3 Å². The van der Waals surface area contributed by atoms with Gasteiger partial charge >= 0.3 is 5.97 Å². The normalized spacial score (nSPS) is 27.8. The first kappa shape index (κ1) is 27.4. The smallest absolute Gasteiger partial charge is 0.353 e. The van der Waals surface area contributed by atoms with Crippen molar-refractivity contribution >= 4 is 35.5 Å². The second-order valence-corrected chi connectivity index (χ2v) is 10.9. The highest BCUT2D eigenvalue weighted by Crippen LogP contribution is 2.44. The standard InChI is InChI=1S/C23H38N6O5S/c1-13(27-18(30)12-24-4)9-19(31)29-15(3)14(2)21(20(29)23(33)34)35-16-10-17(26-11-16)22(32)28-7-5-25-6-8-28/h13-17,24-26H,5-12H2,1-4H3,(H,27,30)(H,33,34)/t13-,14-,15+,16+,17+/m1/s1. The van der Waals surface area contributed by atoms with Gasteiger partial charge in [0.05, 0.1) is 12.6 Å². The predicted molar refractivity (Wildman–Crippen MR) is 134 cm³/mol. The van der Waals surface area contributed by atoms with E-state index in [1.807, 2.05) is 18.7 Å². The molecule has 5 atom stereocenters. The van der Waals surface area contributed by atoms with Crippen LogP contribution in [0.25, 0.3) is 0 Å². The Labute approximate surface area is 210 Å². The van der Waals surface area contributed by atoms with Crippen LogP contribution in [0, 0.1) is 5.92 Å². The van der Waals surface area contributed by atoms with Crippen molar-refractivity contribution in [3.05, 3.63) is 10.6 Å². The van der Waals surface area contributed by atoms with E-state index in [0.29, 0.717) is 31.0 Å². The van der Waals surface area contributed by atoms with E-state index in [-0.39, 0.29) is 59.6 Å². The Bertz CT molecular complexity index is 861. The minimum atomic E-state index is -1.14. The lowest BCUT2D eigenvalue weighted by Gasteiger charge is -2.29. The SMILES string of the molecule is CNCC(=O)N[C@H](C)CC(=O)N1C(C(=O)O)=C(S[C@@H]2CN[C@H](C(=O)N3CCNCC3)C2)[C@H](C)[C@@H]1C. The number of rotatable bonds is 9. The molecule has 11 nitrogen and oxygen atoms in total. The lowest BCUT2D eigenvalue weighted by Crippen LogP contribution is -2.51. The highest BCUT2D eigenvalue weighted by Gasteiger charge is 2.44. The van der Waals surface area contributed by atoms with Crippen LogP contribution in [0.3, 0.4) is 0 Å². The molecular formula is C23H38N6O5S. The van der Waals surface area contributed by atoms with Gasteiger partial charge in [0.15, 0.2) is 0 Å². The van der Waals surface area contributed by atoms with Crippen molar-refractivity contribution < 1.29 is 24.3 Å². The molecular weight excluding hydrogens is 472 g/mol. The Morgan fingerprint density at radius 2 is 1.89 bits per heavy atom.